The summed E-state index contributed by atoms with van der Waals surface area (Å²) in [6.07, 6.45) is 14.1. The average Bonchev–Trinajstić information content (AvgIpc) is 2.65. The first-order valence-corrected chi connectivity index (χ1v) is 8.80. The summed E-state index contributed by atoms with van der Waals surface area (Å²) >= 11 is 0. The van der Waals surface area contributed by atoms with E-state index in [1.165, 1.54) is 45.3 Å². The van der Waals surface area contributed by atoms with E-state index in [9.17, 15) is 4.79 Å². The molecule has 0 unspecified atom stereocenters. The van der Waals surface area contributed by atoms with Crippen LogP contribution < -0.4 is 9.47 Å². The maximum Gasteiger partial charge on any atom is 0.330 e. The zero-order valence-electron chi connectivity index (χ0n) is 15.5. The van der Waals surface area contributed by atoms with Crippen molar-refractivity contribution < 1.29 is 19.0 Å². The van der Waals surface area contributed by atoms with Crippen LogP contribution in [0.1, 0.15) is 57.4 Å². The van der Waals surface area contributed by atoms with E-state index in [1.807, 2.05) is 6.07 Å². The number of carbonyl (C=O) groups is 1. The highest BCUT2D eigenvalue weighted by molar-refractivity contribution is 5.87. The zero-order valence-corrected chi connectivity index (χ0v) is 15.5. The van der Waals surface area contributed by atoms with Gasteiger partial charge in [0.2, 0.25) is 0 Å². The Balaban J connectivity index is 2.47. The highest BCUT2D eigenvalue weighted by atomic mass is 16.5. The highest BCUT2D eigenvalue weighted by Crippen LogP contribution is 2.28. The predicted molar refractivity (Wildman–Crippen MR) is 100 cm³/mol. The Hall–Kier alpha value is -2.41. The van der Waals surface area contributed by atoms with E-state index in [2.05, 4.69) is 23.7 Å². The van der Waals surface area contributed by atoms with Crippen molar-refractivity contribution >= 4 is 12.0 Å². The van der Waals surface area contributed by atoms with Crippen LogP contribution in [0.2, 0.25) is 0 Å². The average molecular weight is 344 g/mol. The minimum atomic E-state index is -0.403. The number of benzene rings is 1. The molecule has 0 saturated heterocycles. The lowest BCUT2D eigenvalue weighted by Crippen LogP contribution is -1.94. The molecule has 0 spiro atoms. The first-order chi connectivity index (χ1) is 12.2. The Morgan fingerprint density at radius 1 is 1.08 bits per heavy atom. The number of rotatable bonds is 10. The summed E-state index contributed by atoms with van der Waals surface area (Å²) in [5.41, 5.74) is 0.814. The van der Waals surface area contributed by atoms with E-state index < -0.39 is 5.97 Å². The third kappa shape index (κ3) is 8.85. The number of carbonyl (C=O) groups excluding carboxylic acids is 1. The maximum absolute atomic E-state index is 11.1. The van der Waals surface area contributed by atoms with Crippen molar-refractivity contribution in [1.82, 2.24) is 0 Å². The Morgan fingerprint density at radius 3 is 2.56 bits per heavy atom. The molecule has 4 nitrogen and oxygen atoms in total. The number of hydrogen-bond acceptors (Lipinski definition) is 4. The van der Waals surface area contributed by atoms with Gasteiger partial charge in [0.15, 0.2) is 11.5 Å². The Morgan fingerprint density at radius 2 is 1.84 bits per heavy atom. The monoisotopic (exact) mass is 344 g/mol. The lowest BCUT2D eigenvalue weighted by Gasteiger charge is -2.06. The van der Waals surface area contributed by atoms with Gasteiger partial charge in [0.05, 0.1) is 14.2 Å². The lowest BCUT2D eigenvalue weighted by atomic mass is 10.1. The third-order valence-corrected chi connectivity index (χ3v) is 3.69. The van der Waals surface area contributed by atoms with E-state index in [1.54, 1.807) is 25.3 Å². The molecule has 0 bridgehead atoms. The molecule has 0 N–H and O–H groups in total. The van der Waals surface area contributed by atoms with Gasteiger partial charge in [-0.2, -0.15) is 0 Å². The first kappa shape index (κ1) is 20.6. The molecule has 0 aromatic heterocycles. The van der Waals surface area contributed by atoms with Crippen LogP contribution in [0.4, 0.5) is 0 Å². The molecule has 4 heteroatoms. The second-order valence-electron chi connectivity index (χ2n) is 5.67. The number of hydrogen-bond donors (Lipinski definition) is 0. The molecule has 0 fully saturated rings. The topological polar surface area (TPSA) is 44.8 Å². The maximum atomic E-state index is 11.1. The van der Waals surface area contributed by atoms with Gasteiger partial charge in [-0.05, 0) is 30.2 Å². The van der Waals surface area contributed by atoms with Gasteiger partial charge in [0.25, 0.3) is 0 Å². The quantitative estimate of drug-likeness (QED) is 0.260. The summed E-state index contributed by atoms with van der Waals surface area (Å²) < 4.78 is 15.3. The zero-order chi connectivity index (χ0) is 18.3. The molecule has 1 aromatic rings. The molecule has 0 saturated carbocycles. The minimum absolute atomic E-state index is 0.403. The van der Waals surface area contributed by atoms with Crippen LogP contribution in [0.25, 0.3) is 6.08 Å². The van der Waals surface area contributed by atoms with E-state index in [0.717, 1.165) is 18.4 Å². The number of ether oxygens (including phenoxy) is 3. The molecule has 0 aliphatic heterocycles. The minimum Gasteiger partial charge on any atom is -0.493 e. The molecule has 136 valence electrons. The second-order valence-corrected chi connectivity index (χ2v) is 5.67. The number of methoxy groups -OCH3 is 2. The van der Waals surface area contributed by atoms with E-state index in [-0.39, 0.29) is 0 Å². The summed E-state index contributed by atoms with van der Waals surface area (Å²) in [6, 6.07) is 5.38. The van der Waals surface area contributed by atoms with E-state index in [4.69, 9.17) is 9.47 Å². The normalized spacial score (nSPS) is 10.2. The van der Waals surface area contributed by atoms with Gasteiger partial charge in [-0.1, -0.05) is 51.0 Å². The molecule has 0 aliphatic carbocycles. The van der Waals surface area contributed by atoms with Crippen molar-refractivity contribution in [2.75, 3.05) is 14.2 Å². The Kier molecular flexibility index (Phi) is 10.7. The molecular weight excluding hydrogens is 316 g/mol. The van der Waals surface area contributed by atoms with Crippen molar-refractivity contribution in [2.24, 2.45) is 0 Å². The van der Waals surface area contributed by atoms with Crippen LogP contribution in [-0.2, 0) is 9.53 Å². The van der Waals surface area contributed by atoms with Gasteiger partial charge in [-0.3, -0.25) is 0 Å². The third-order valence-electron chi connectivity index (χ3n) is 3.69. The molecule has 0 amide bonds. The molecular formula is C21H28O4. The van der Waals surface area contributed by atoms with Crippen molar-refractivity contribution in [3.8, 4) is 23.5 Å². The second kappa shape index (κ2) is 12.9. The molecule has 0 radical (unpaired) electrons. The van der Waals surface area contributed by atoms with Crippen LogP contribution in [0, 0.1) is 12.0 Å². The number of esters is 1. The fraction of sp³-hybridized carbons (Fsp3) is 0.476. The summed E-state index contributed by atoms with van der Waals surface area (Å²) in [5.74, 6) is 3.77. The number of unbranched alkanes of at least 4 members (excludes halogenated alkanes) is 6. The molecule has 25 heavy (non-hydrogen) atoms. The van der Waals surface area contributed by atoms with Gasteiger partial charge in [0.1, 0.15) is 6.11 Å². The SMILES string of the molecule is CCCCCCCCC#COc1ccc(/C=C/C(=O)OC)cc1OC. The van der Waals surface area contributed by atoms with Crippen molar-refractivity contribution in [2.45, 2.75) is 51.9 Å². The van der Waals surface area contributed by atoms with Crippen LogP contribution in [0.5, 0.6) is 11.5 Å². The van der Waals surface area contributed by atoms with Crippen molar-refractivity contribution in [3.63, 3.8) is 0 Å². The molecule has 1 rings (SSSR count). The van der Waals surface area contributed by atoms with E-state index in [0.29, 0.717) is 11.5 Å². The molecule has 0 atom stereocenters. The van der Waals surface area contributed by atoms with Crippen molar-refractivity contribution in [1.29, 1.82) is 0 Å². The first-order valence-electron chi connectivity index (χ1n) is 8.80. The van der Waals surface area contributed by atoms with Gasteiger partial charge < -0.3 is 14.2 Å². The molecule has 1 aromatic carbocycles. The van der Waals surface area contributed by atoms with E-state index >= 15 is 0 Å². The summed E-state index contributed by atoms with van der Waals surface area (Å²) in [6.45, 7) is 2.22. The van der Waals surface area contributed by atoms with Crippen LogP contribution in [-0.4, -0.2) is 20.2 Å². The summed E-state index contributed by atoms with van der Waals surface area (Å²) in [4.78, 5) is 11.1. The Bertz CT molecular complexity index is 608. The summed E-state index contributed by atoms with van der Waals surface area (Å²) in [7, 11) is 2.91. The molecule has 0 aliphatic rings. The van der Waals surface area contributed by atoms with Gasteiger partial charge in [0, 0.05) is 12.5 Å². The highest BCUT2D eigenvalue weighted by Gasteiger charge is 2.04. The largest absolute Gasteiger partial charge is 0.493 e. The standard InChI is InChI=1S/C21H28O4/c1-4-5-6-7-8-9-10-11-16-25-19-14-12-18(17-20(19)23-2)13-15-21(22)24-3/h12-15,17H,4-10H2,1-3H3/b15-13+. The van der Waals surface area contributed by atoms with Crippen molar-refractivity contribution in [3.05, 3.63) is 29.8 Å². The Labute approximate surface area is 151 Å². The van der Waals surface area contributed by atoms with Gasteiger partial charge in [-0.15, -0.1) is 0 Å². The lowest BCUT2D eigenvalue weighted by molar-refractivity contribution is -0.134. The predicted octanol–water partition coefficient (Wildman–Crippen LogP) is 4.97. The smallest absolute Gasteiger partial charge is 0.330 e. The van der Waals surface area contributed by atoms with Gasteiger partial charge in [-0.25, -0.2) is 4.79 Å². The van der Waals surface area contributed by atoms with Crippen LogP contribution >= 0.6 is 0 Å². The fourth-order valence-electron chi connectivity index (χ4n) is 2.24. The summed E-state index contributed by atoms with van der Waals surface area (Å²) in [5, 5.41) is 0. The van der Waals surface area contributed by atoms with Crippen LogP contribution in [0.3, 0.4) is 0 Å². The van der Waals surface area contributed by atoms with Crippen LogP contribution in [0.15, 0.2) is 24.3 Å². The molecule has 0 heterocycles. The fourth-order valence-corrected chi connectivity index (χ4v) is 2.24. The van der Waals surface area contributed by atoms with Gasteiger partial charge >= 0.3 is 5.97 Å².